The van der Waals surface area contributed by atoms with Crippen molar-refractivity contribution >= 4 is 5.69 Å². The van der Waals surface area contributed by atoms with Gasteiger partial charge in [-0.05, 0) is 38.1 Å². The van der Waals surface area contributed by atoms with Gasteiger partial charge in [-0.25, -0.2) is 0 Å². The van der Waals surface area contributed by atoms with Crippen LogP contribution in [-0.2, 0) is 0 Å². The maximum absolute atomic E-state index is 9.30. The lowest BCUT2D eigenvalue weighted by Gasteiger charge is -2.47. The molecule has 1 aromatic carbocycles. The van der Waals surface area contributed by atoms with Crippen LogP contribution in [0.5, 0.6) is 5.75 Å². The zero-order chi connectivity index (χ0) is 13.2. The second-order valence-corrected chi connectivity index (χ2v) is 5.38. The lowest BCUT2D eigenvalue weighted by molar-refractivity contribution is 0.210. The molecule has 1 aliphatic rings. The Morgan fingerprint density at radius 1 is 1.39 bits per heavy atom. The van der Waals surface area contributed by atoms with Crippen LogP contribution in [0.15, 0.2) is 24.3 Å². The number of methoxy groups -OCH3 is 1. The summed E-state index contributed by atoms with van der Waals surface area (Å²) < 4.78 is 5.18. The second kappa shape index (κ2) is 5.16. The summed E-state index contributed by atoms with van der Waals surface area (Å²) in [6.45, 7) is 6.26. The zero-order valence-electron chi connectivity index (χ0n) is 11.3. The van der Waals surface area contributed by atoms with Crippen LogP contribution < -0.4 is 15.0 Å². The SMILES string of the molecule is COc1ccc(N2CC(CO)NCC2(C)C)cc1. The van der Waals surface area contributed by atoms with Crippen molar-refractivity contribution in [2.45, 2.75) is 25.4 Å². The Kier molecular flexibility index (Phi) is 3.78. The normalized spacial score (nSPS) is 22.9. The summed E-state index contributed by atoms with van der Waals surface area (Å²) in [5.74, 6) is 0.866. The van der Waals surface area contributed by atoms with Crippen LogP contribution in [0.25, 0.3) is 0 Å². The van der Waals surface area contributed by atoms with Gasteiger partial charge in [0.25, 0.3) is 0 Å². The van der Waals surface area contributed by atoms with Gasteiger partial charge in [0, 0.05) is 30.4 Å². The highest BCUT2D eigenvalue weighted by Gasteiger charge is 2.33. The summed E-state index contributed by atoms with van der Waals surface area (Å²) in [6, 6.07) is 8.23. The summed E-state index contributed by atoms with van der Waals surface area (Å²) in [5.41, 5.74) is 1.21. The Morgan fingerprint density at radius 3 is 2.61 bits per heavy atom. The van der Waals surface area contributed by atoms with Crippen LogP contribution in [-0.4, -0.2) is 43.5 Å². The van der Waals surface area contributed by atoms with Crippen molar-refractivity contribution in [3.63, 3.8) is 0 Å². The van der Waals surface area contributed by atoms with Crippen molar-refractivity contribution in [2.75, 3.05) is 31.7 Å². The van der Waals surface area contributed by atoms with E-state index in [4.69, 9.17) is 4.74 Å². The van der Waals surface area contributed by atoms with E-state index in [1.54, 1.807) is 7.11 Å². The summed E-state index contributed by atoms with van der Waals surface area (Å²) >= 11 is 0. The zero-order valence-corrected chi connectivity index (χ0v) is 11.3. The van der Waals surface area contributed by atoms with E-state index in [1.807, 2.05) is 12.1 Å². The third kappa shape index (κ3) is 2.60. The van der Waals surface area contributed by atoms with Crippen molar-refractivity contribution in [1.29, 1.82) is 0 Å². The molecule has 1 unspecified atom stereocenters. The fourth-order valence-electron chi connectivity index (χ4n) is 2.36. The third-order valence-corrected chi connectivity index (χ3v) is 3.56. The number of ether oxygens (including phenoxy) is 1. The fourth-order valence-corrected chi connectivity index (χ4v) is 2.36. The molecule has 2 rings (SSSR count). The monoisotopic (exact) mass is 250 g/mol. The Balaban J connectivity index is 2.21. The first-order valence-electron chi connectivity index (χ1n) is 6.33. The molecule has 1 fully saturated rings. The van der Waals surface area contributed by atoms with E-state index in [2.05, 4.69) is 36.2 Å². The van der Waals surface area contributed by atoms with E-state index in [-0.39, 0.29) is 18.2 Å². The van der Waals surface area contributed by atoms with Gasteiger partial charge >= 0.3 is 0 Å². The average molecular weight is 250 g/mol. The second-order valence-electron chi connectivity index (χ2n) is 5.38. The standard InChI is InChI=1S/C14H22N2O2/c1-14(2)10-15-11(9-17)8-16(14)12-4-6-13(18-3)7-5-12/h4-7,11,15,17H,8-10H2,1-3H3. The van der Waals surface area contributed by atoms with Crippen molar-refractivity contribution in [1.82, 2.24) is 5.32 Å². The van der Waals surface area contributed by atoms with E-state index in [0.29, 0.717) is 0 Å². The number of hydrogen-bond donors (Lipinski definition) is 2. The largest absolute Gasteiger partial charge is 0.497 e. The molecule has 1 aromatic rings. The molecule has 18 heavy (non-hydrogen) atoms. The Labute approximate surface area is 109 Å². The summed E-state index contributed by atoms with van der Waals surface area (Å²) in [7, 11) is 1.67. The van der Waals surface area contributed by atoms with Gasteiger partial charge in [0.05, 0.1) is 13.7 Å². The highest BCUT2D eigenvalue weighted by atomic mass is 16.5. The lowest BCUT2D eigenvalue weighted by atomic mass is 9.96. The Morgan fingerprint density at radius 2 is 2.06 bits per heavy atom. The van der Waals surface area contributed by atoms with Crippen LogP contribution in [0.2, 0.25) is 0 Å². The topological polar surface area (TPSA) is 44.7 Å². The van der Waals surface area contributed by atoms with Gasteiger partial charge < -0.3 is 20.1 Å². The van der Waals surface area contributed by atoms with Gasteiger partial charge in [0.2, 0.25) is 0 Å². The maximum atomic E-state index is 9.30. The van der Waals surface area contributed by atoms with E-state index in [1.165, 1.54) is 5.69 Å². The molecule has 0 aliphatic carbocycles. The van der Waals surface area contributed by atoms with Gasteiger partial charge in [-0.3, -0.25) is 0 Å². The smallest absolute Gasteiger partial charge is 0.119 e. The van der Waals surface area contributed by atoms with Crippen LogP contribution in [0.3, 0.4) is 0 Å². The number of aliphatic hydroxyl groups excluding tert-OH is 1. The minimum atomic E-state index is 0.0419. The van der Waals surface area contributed by atoms with Gasteiger partial charge in [0.15, 0.2) is 0 Å². The molecule has 1 heterocycles. The quantitative estimate of drug-likeness (QED) is 0.847. The predicted octanol–water partition coefficient (Wildman–Crippen LogP) is 1.24. The van der Waals surface area contributed by atoms with Crippen molar-refractivity contribution in [3.05, 3.63) is 24.3 Å². The summed E-state index contributed by atoms with van der Waals surface area (Å²) in [6.07, 6.45) is 0. The van der Waals surface area contributed by atoms with Gasteiger partial charge in [-0.2, -0.15) is 0 Å². The average Bonchev–Trinajstić information content (AvgIpc) is 2.39. The van der Waals surface area contributed by atoms with Crippen LogP contribution in [0.4, 0.5) is 5.69 Å². The first-order chi connectivity index (χ1) is 8.56. The van der Waals surface area contributed by atoms with Crippen LogP contribution in [0.1, 0.15) is 13.8 Å². The van der Waals surface area contributed by atoms with Crippen molar-refractivity contribution < 1.29 is 9.84 Å². The highest BCUT2D eigenvalue weighted by Crippen LogP contribution is 2.28. The summed E-state index contributed by atoms with van der Waals surface area (Å²) in [4.78, 5) is 2.34. The van der Waals surface area contributed by atoms with Gasteiger partial charge in [-0.15, -0.1) is 0 Å². The first kappa shape index (κ1) is 13.2. The fraction of sp³-hybridized carbons (Fsp3) is 0.571. The molecular weight excluding hydrogens is 228 g/mol. The number of nitrogens with one attached hydrogen (secondary N) is 1. The first-order valence-corrected chi connectivity index (χ1v) is 6.33. The molecule has 1 aliphatic heterocycles. The lowest BCUT2D eigenvalue weighted by Crippen LogP contribution is -2.63. The molecule has 0 bridgehead atoms. The third-order valence-electron chi connectivity index (χ3n) is 3.56. The van der Waals surface area contributed by atoms with E-state index in [0.717, 1.165) is 18.8 Å². The number of rotatable bonds is 3. The number of hydrogen-bond acceptors (Lipinski definition) is 4. The summed E-state index contributed by atoms with van der Waals surface area (Å²) in [5, 5.41) is 12.7. The molecule has 0 amide bonds. The number of nitrogens with zero attached hydrogens (tertiary/aromatic N) is 1. The number of anilines is 1. The van der Waals surface area contributed by atoms with Crippen molar-refractivity contribution in [2.24, 2.45) is 0 Å². The maximum Gasteiger partial charge on any atom is 0.119 e. The number of piperazine rings is 1. The molecule has 0 aromatic heterocycles. The van der Waals surface area contributed by atoms with E-state index in [9.17, 15) is 5.11 Å². The molecule has 1 atom stereocenters. The molecule has 4 heteroatoms. The molecular formula is C14H22N2O2. The van der Waals surface area contributed by atoms with E-state index < -0.39 is 0 Å². The highest BCUT2D eigenvalue weighted by molar-refractivity contribution is 5.52. The molecule has 0 radical (unpaired) electrons. The molecule has 2 N–H and O–H groups in total. The molecule has 0 spiro atoms. The molecule has 4 nitrogen and oxygen atoms in total. The van der Waals surface area contributed by atoms with Gasteiger partial charge in [0.1, 0.15) is 5.75 Å². The van der Waals surface area contributed by atoms with Gasteiger partial charge in [-0.1, -0.05) is 0 Å². The van der Waals surface area contributed by atoms with E-state index >= 15 is 0 Å². The van der Waals surface area contributed by atoms with Crippen molar-refractivity contribution in [3.8, 4) is 5.75 Å². The minimum absolute atomic E-state index is 0.0419. The predicted molar refractivity (Wildman–Crippen MR) is 73.3 cm³/mol. The number of benzene rings is 1. The minimum Gasteiger partial charge on any atom is -0.497 e. The van der Waals surface area contributed by atoms with Crippen LogP contribution in [0, 0.1) is 0 Å². The molecule has 100 valence electrons. The molecule has 0 saturated carbocycles. The Hall–Kier alpha value is -1.26. The Bertz CT molecular complexity index is 389. The van der Waals surface area contributed by atoms with Crippen LogP contribution >= 0.6 is 0 Å². The molecule has 1 saturated heterocycles. The number of aliphatic hydroxyl groups is 1.